The molecule has 0 radical (unpaired) electrons. The number of aryl methyl sites for hydroxylation is 2. The summed E-state index contributed by atoms with van der Waals surface area (Å²) in [6.07, 6.45) is -0.738. The van der Waals surface area contributed by atoms with E-state index in [0.29, 0.717) is 30.1 Å². The van der Waals surface area contributed by atoms with Crippen molar-refractivity contribution in [2.45, 2.75) is 31.0 Å². The maximum atomic E-state index is 13.3. The van der Waals surface area contributed by atoms with Crippen LogP contribution in [0.15, 0.2) is 71.6 Å². The summed E-state index contributed by atoms with van der Waals surface area (Å²) >= 11 is 0. The molecule has 3 aromatic carbocycles. The normalized spacial score (nSPS) is 17.5. The molecule has 1 aliphatic heterocycles. The third kappa shape index (κ3) is 5.42. The topological polar surface area (TPSA) is 85.4 Å². The SMILES string of the molecule is COc1ccccc1S(=O)(=O)N(C)c1cccc(O[C@@H]2CN(C(=O)c3cc(C)ccc3C)C[C@H]2OC)c1. The van der Waals surface area contributed by atoms with Crippen LogP contribution in [-0.4, -0.2) is 65.8 Å². The molecule has 0 saturated carbocycles. The third-order valence-corrected chi connectivity index (χ3v) is 8.43. The maximum absolute atomic E-state index is 13.3. The summed E-state index contributed by atoms with van der Waals surface area (Å²) < 4.78 is 44.9. The summed E-state index contributed by atoms with van der Waals surface area (Å²) in [5.41, 5.74) is 3.04. The Balaban J connectivity index is 1.53. The molecule has 0 unspecified atom stereocenters. The number of carbonyl (C=O) groups excluding carboxylic acids is 1. The second-order valence-corrected chi connectivity index (χ2v) is 11.0. The molecule has 3 aromatic rings. The van der Waals surface area contributed by atoms with Crippen molar-refractivity contribution in [2.24, 2.45) is 0 Å². The molecule has 1 fully saturated rings. The molecular formula is C28H32N2O6S. The summed E-state index contributed by atoms with van der Waals surface area (Å²) in [5, 5.41) is 0. The molecule has 2 atom stereocenters. The van der Waals surface area contributed by atoms with Crippen molar-refractivity contribution in [1.29, 1.82) is 0 Å². The molecular weight excluding hydrogens is 492 g/mol. The first-order chi connectivity index (χ1) is 17.6. The quantitative estimate of drug-likeness (QED) is 0.442. The van der Waals surface area contributed by atoms with E-state index in [1.54, 1.807) is 54.5 Å². The van der Waals surface area contributed by atoms with Gasteiger partial charge in [-0.2, -0.15) is 0 Å². The second kappa shape index (κ2) is 10.8. The van der Waals surface area contributed by atoms with Crippen molar-refractivity contribution >= 4 is 21.6 Å². The zero-order chi connectivity index (χ0) is 26.7. The zero-order valence-corrected chi connectivity index (χ0v) is 22.5. The Hall–Kier alpha value is -3.56. The van der Waals surface area contributed by atoms with Crippen molar-refractivity contribution in [2.75, 3.05) is 38.7 Å². The van der Waals surface area contributed by atoms with Crippen LogP contribution in [-0.2, 0) is 14.8 Å². The number of benzene rings is 3. The average Bonchev–Trinajstić information content (AvgIpc) is 3.31. The summed E-state index contributed by atoms with van der Waals surface area (Å²) in [4.78, 5) is 15.1. The number of methoxy groups -OCH3 is 2. The number of anilines is 1. The van der Waals surface area contributed by atoms with Crippen LogP contribution in [0.1, 0.15) is 21.5 Å². The highest BCUT2D eigenvalue weighted by Gasteiger charge is 2.38. The van der Waals surface area contributed by atoms with Crippen LogP contribution in [0.25, 0.3) is 0 Å². The number of amides is 1. The summed E-state index contributed by atoms with van der Waals surface area (Å²) in [7, 11) is 0.637. The van der Waals surface area contributed by atoms with Crippen molar-refractivity contribution in [3.8, 4) is 11.5 Å². The first kappa shape index (κ1) is 26.5. The number of carbonyl (C=O) groups is 1. The van der Waals surface area contributed by atoms with E-state index < -0.39 is 16.1 Å². The minimum atomic E-state index is -3.88. The fourth-order valence-corrected chi connectivity index (χ4v) is 5.77. The van der Waals surface area contributed by atoms with E-state index in [1.807, 2.05) is 32.0 Å². The van der Waals surface area contributed by atoms with E-state index in [2.05, 4.69) is 0 Å². The molecule has 0 aliphatic carbocycles. The number of para-hydroxylation sites is 1. The van der Waals surface area contributed by atoms with Gasteiger partial charge in [-0.05, 0) is 49.7 Å². The van der Waals surface area contributed by atoms with Gasteiger partial charge < -0.3 is 19.1 Å². The Morgan fingerprint density at radius 3 is 2.41 bits per heavy atom. The van der Waals surface area contributed by atoms with Crippen LogP contribution in [0.2, 0.25) is 0 Å². The maximum Gasteiger partial charge on any atom is 0.267 e. The Bertz CT molecular complexity index is 1390. The minimum absolute atomic E-state index is 0.0641. The number of likely N-dealkylation sites (tertiary alicyclic amines) is 1. The molecule has 1 saturated heterocycles. The van der Waals surface area contributed by atoms with Gasteiger partial charge >= 0.3 is 0 Å². The molecule has 0 N–H and O–H groups in total. The highest BCUT2D eigenvalue weighted by molar-refractivity contribution is 7.92. The summed E-state index contributed by atoms with van der Waals surface area (Å²) in [6, 6.07) is 19.2. The minimum Gasteiger partial charge on any atom is -0.495 e. The van der Waals surface area contributed by atoms with E-state index >= 15 is 0 Å². The highest BCUT2D eigenvalue weighted by atomic mass is 32.2. The number of hydrogen-bond donors (Lipinski definition) is 0. The predicted octanol–water partition coefficient (Wildman–Crippen LogP) is 4.06. The second-order valence-electron chi connectivity index (χ2n) is 9.08. The van der Waals surface area contributed by atoms with Gasteiger partial charge in [0.2, 0.25) is 0 Å². The molecule has 0 aromatic heterocycles. The molecule has 4 rings (SSSR count). The van der Waals surface area contributed by atoms with Gasteiger partial charge in [0.1, 0.15) is 28.6 Å². The van der Waals surface area contributed by atoms with Crippen LogP contribution in [0.4, 0.5) is 5.69 Å². The monoisotopic (exact) mass is 524 g/mol. The number of nitrogens with zero attached hydrogens (tertiary/aromatic N) is 2. The van der Waals surface area contributed by atoms with Crippen LogP contribution in [0.5, 0.6) is 11.5 Å². The van der Waals surface area contributed by atoms with E-state index in [1.165, 1.54) is 24.5 Å². The molecule has 9 heteroatoms. The fraction of sp³-hybridized carbons (Fsp3) is 0.321. The molecule has 37 heavy (non-hydrogen) atoms. The Kier molecular flexibility index (Phi) is 7.75. The van der Waals surface area contributed by atoms with E-state index in [9.17, 15) is 13.2 Å². The molecule has 0 spiro atoms. The smallest absolute Gasteiger partial charge is 0.267 e. The van der Waals surface area contributed by atoms with Gasteiger partial charge in [0.15, 0.2) is 0 Å². The lowest BCUT2D eigenvalue weighted by atomic mass is 10.0. The largest absolute Gasteiger partial charge is 0.495 e. The molecule has 196 valence electrons. The molecule has 8 nitrogen and oxygen atoms in total. The van der Waals surface area contributed by atoms with Crippen molar-refractivity contribution in [3.63, 3.8) is 0 Å². The number of rotatable bonds is 8. The Labute approximate surface area is 218 Å². The van der Waals surface area contributed by atoms with Gasteiger partial charge in [-0.3, -0.25) is 9.10 Å². The van der Waals surface area contributed by atoms with Gasteiger partial charge in [0.05, 0.1) is 25.9 Å². The number of ether oxygens (including phenoxy) is 3. The van der Waals surface area contributed by atoms with Gasteiger partial charge in [-0.25, -0.2) is 8.42 Å². The summed E-state index contributed by atoms with van der Waals surface area (Å²) in [6.45, 7) is 4.63. The zero-order valence-electron chi connectivity index (χ0n) is 21.7. The lowest BCUT2D eigenvalue weighted by molar-refractivity contribution is 0.0340. The predicted molar refractivity (Wildman–Crippen MR) is 142 cm³/mol. The van der Waals surface area contributed by atoms with Crippen LogP contribution >= 0.6 is 0 Å². The number of hydrogen-bond acceptors (Lipinski definition) is 6. The standard InChI is InChI=1S/C28H32N2O6S/c1-19-13-14-20(2)23(15-19)28(31)30-17-25(35-5)26(18-30)36-22-10-8-9-21(16-22)29(3)37(32,33)27-12-7-6-11-24(27)34-4/h6-16,25-26H,17-18H2,1-5H3/t25-,26-/m1/s1. The molecule has 0 bridgehead atoms. The van der Waals surface area contributed by atoms with Gasteiger partial charge in [0.25, 0.3) is 15.9 Å². The van der Waals surface area contributed by atoms with E-state index in [0.717, 1.165) is 11.1 Å². The third-order valence-electron chi connectivity index (χ3n) is 6.60. The Morgan fingerprint density at radius 2 is 1.68 bits per heavy atom. The molecule has 1 heterocycles. The molecule has 1 aliphatic rings. The average molecular weight is 525 g/mol. The molecule has 1 amide bonds. The summed E-state index contributed by atoms with van der Waals surface area (Å²) in [5.74, 6) is 0.683. The van der Waals surface area contributed by atoms with Crippen molar-refractivity contribution in [3.05, 3.63) is 83.4 Å². The van der Waals surface area contributed by atoms with Crippen LogP contribution < -0.4 is 13.8 Å². The van der Waals surface area contributed by atoms with Gasteiger partial charge in [0, 0.05) is 25.8 Å². The van der Waals surface area contributed by atoms with Crippen LogP contribution in [0, 0.1) is 13.8 Å². The first-order valence-electron chi connectivity index (χ1n) is 11.9. The van der Waals surface area contributed by atoms with Crippen molar-refractivity contribution in [1.82, 2.24) is 4.90 Å². The highest BCUT2D eigenvalue weighted by Crippen LogP contribution is 2.31. The van der Waals surface area contributed by atoms with Gasteiger partial charge in [-0.1, -0.05) is 35.9 Å². The van der Waals surface area contributed by atoms with E-state index in [-0.39, 0.29) is 22.7 Å². The van der Waals surface area contributed by atoms with Crippen LogP contribution in [0.3, 0.4) is 0 Å². The Morgan fingerprint density at radius 1 is 0.946 bits per heavy atom. The van der Waals surface area contributed by atoms with Crippen molar-refractivity contribution < 1.29 is 27.4 Å². The van der Waals surface area contributed by atoms with E-state index in [4.69, 9.17) is 14.2 Å². The first-order valence-corrected chi connectivity index (χ1v) is 13.4. The lowest BCUT2D eigenvalue weighted by Gasteiger charge is -2.23. The fourth-order valence-electron chi connectivity index (χ4n) is 4.43. The van der Waals surface area contributed by atoms with Gasteiger partial charge in [-0.15, -0.1) is 0 Å². The number of sulfonamides is 1. The lowest BCUT2D eigenvalue weighted by Crippen LogP contribution is -2.32.